The monoisotopic (exact) mass is 389 g/mol. The molecule has 0 saturated carbocycles. The van der Waals surface area contributed by atoms with Gasteiger partial charge in [0.1, 0.15) is 11.8 Å². The van der Waals surface area contributed by atoms with Crippen LogP contribution in [-0.2, 0) is 6.42 Å². The number of thiazole rings is 1. The highest BCUT2D eigenvalue weighted by Gasteiger charge is 2.17. The molecule has 0 bridgehead atoms. The lowest BCUT2D eigenvalue weighted by Crippen LogP contribution is -2.04. The first kappa shape index (κ1) is 18.0. The van der Waals surface area contributed by atoms with E-state index in [0.29, 0.717) is 35.7 Å². The van der Waals surface area contributed by atoms with Crippen molar-refractivity contribution in [3.05, 3.63) is 47.1 Å². The Balaban J connectivity index is 1.93. The Kier molecular flexibility index (Phi) is 4.72. The third kappa shape index (κ3) is 3.08. The number of fused-ring (bicyclic) bond motifs is 2. The number of ether oxygens (including phenoxy) is 1. The smallest absolute Gasteiger partial charge is 0.144 e. The second-order valence-corrected chi connectivity index (χ2v) is 7.16. The number of nitrogens with two attached hydrogens (primary N) is 1. The first-order valence-corrected chi connectivity index (χ1v) is 9.91. The molecule has 4 rings (SSSR count). The zero-order valence-electron chi connectivity index (χ0n) is 15.6. The largest absolute Gasteiger partial charge is 0.492 e. The Labute approximate surface area is 166 Å². The molecule has 0 amide bonds. The molecule has 140 valence electrons. The van der Waals surface area contributed by atoms with Crippen molar-refractivity contribution in [3.63, 3.8) is 0 Å². The Morgan fingerprint density at radius 3 is 2.82 bits per heavy atom. The second-order valence-electron chi connectivity index (χ2n) is 6.27. The van der Waals surface area contributed by atoms with E-state index in [1.807, 2.05) is 49.7 Å². The lowest BCUT2D eigenvalue weighted by molar-refractivity contribution is 0.342. The molecule has 2 aromatic carbocycles. The van der Waals surface area contributed by atoms with Crippen molar-refractivity contribution >= 4 is 49.5 Å². The van der Waals surface area contributed by atoms with Crippen molar-refractivity contribution < 1.29 is 4.74 Å². The Bertz CT molecular complexity index is 1230. The number of pyridine rings is 1. The fourth-order valence-electron chi connectivity index (χ4n) is 3.23. The lowest BCUT2D eigenvalue weighted by Gasteiger charge is -2.16. The lowest BCUT2D eigenvalue weighted by atomic mass is 10.0. The summed E-state index contributed by atoms with van der Waals surface area (Å²) in [5, 5.41) is 14.0. The maximum atomic E-state index is 9.82. The van der Waals surface area contributed by atoms with Crippen LogP contribution in [0.2, 0.25) is 0 Å². The van der Waals surface area contributed by atoms with E-state index in [1.165, 1.54) is 0 Å². The molecule has 0 aliphatic carbocycles. The van der Waals surface area contributed by atoms with E-state index >= 15 is 0 Å². The maximum absolute atomic E-state index is 9.82. The van der Waals surface area contributed by atoms with Gasteiger partial charge in [0.05, 0.1) is 50.5 Å². The van der Waals surface area contributed by atoms with Gasteiger partial charge in [0.25, 0.3) is 0 Å². The highest BCUT2D eigenvalue weighted by Crippen LogP contribution is 2.36. The van der Waals surface area contributed by atoms with Crippen LogP contribution in [0.4, 0.5) is 17.1 Å². The Morgan fingerprint density at radius 2 is 2.07 bits per heavy atom. The standard InChI is InChI=1S/C21H19N5OS/c1-3-16-14(10-22)21(25-12-5-6-20-18(7-12)24-11-28-20)13-8-15(23)19(27-4-2)9-17(13)26-16/h5-9,11H,3-4,23H2,1-2H3,(H,25,26). The van der Waals surface area contributed by atoms with Gasteiger partial charge in [0.15, 0.2) is 0 Å². The zero-order chi connectivity index (χ0) is 19.7. The van der Waals surface area contributed by atoms with Gasteiger partial charge in [0.2, 0.25) is 0 Å². The van der Waals surface area contributed by atoms with Crippen LogP contribution < -0.4 is 15.8 Å². The van der Waals surface area contributed by atoms with Gasteiger partial charge in [-0.1, -0.05) is 6.92 Å². The molecule has 7 heteroatoms. The quantitative estimate of drug-likeness (QED) is 0.466. The van der Waals surface area contributed by atoms with Crippen LogP contribution in [-0.4, -0.2) is 16.6 Å². The molecule has 0 unspecified atom stereocenters. The van der Waals surface area contributed by atoms with Gasteiger partial charge in [-0.15, -0.1) is 11.3 Å². The summed E-state index contributed by atoms with van der Waals surface area (Å²) in [4.78, 5) is 9.05. The van der Waals surface area contributed by atoms with E-state index in [9.17, 15) is 5.26 Å². The average Bonchev–Trinajstić information content (AvgIpc) is 3.16. The number of nitrogen functional groups attached to an aromatic ring is 1. The molecule has 0 fully saturated rings. The van der Waals surface area contributed by atoms with E-state index < -0.39 is 0 Å². The summed E-state index contributed by atoms with van der Waals surface area (Å²) >= 11 is 1.60. The number of aromatic nitrogens is 2. The summed E-state index contributed by atoms with van der Waals surface area (Å²) in [6.45, 7) is 4.42. The minimum absolute atomic E-state index is 0.516. The van der Waals surface area contributed by atoms with E-state index in [1.54, 1.807) is 11.3 Å². The number of nitriles is 1. The number of rotatable bonds is 5. The summed E-state index contributed by atoms with van der Waals surface area (Å²) in [6.07, 6.45) is 0.646. The molecule has 4 aromatic rings. The summed E-state index contributed by atoms with van der Waals surface area (Å²) in [6, 6.07) is 11.9. The van der Waals surface area contributed by atoms with Crippen LogP contribution in [0.25, 0.3) is 21.1 Å². The number of nitrogens with zero attached hydrogens (tertiary/aromatic N) is 3. The van der Waals surface area contributed by atoms with Crippen LogP contribution in [0.1, 0.15) is 25.1 Å². The fourth-order valence-corrected chi connectivity index (χ4v) is 3.88. The molecule has 0 radical (unpaired) electrons. The van der Waals surface area contributed by atoms with Gasteiger partial charge < -0.3 is 15.8 Å². The number of benzene rings is 2. The zero-order valence-corrected chi connectivity index (χ0v) is 16.4. The van der Waals surface area contributed by atoms with Gasteiger partial charge in [-0.25, -0.2) is 4.98 Å². The van der Waals surface area contributed by atoms with Gasteiger partial charge in [0, 0.05) is 17.1 Å². The highest BCUT2D eigenvalue weighted by molar-refractivity contribution is 7.16. The summed E-state index contributed by atoms with van der Waals surface area (Å²) in [5.41, 5.74) is 13.0. The molecule has 2 aromatic heterocycles. The number of hydrogen-bond donors (Lipinski definition) is 2. The molecular formula is C21H19N5OS. The second kappa shape index (κ2) is 7.33. The van der Waals surface area contributed by atoms with Gasteiger partial charge in [-0.2, -0.15) is 5.26 Å². The van der Waals surface area contributed by atoms with Crippen LogP contribution in [0.3, 0.4) is 0 Å². The molecule has 3 N–H and O–H groups in total. The normalized spacial score (nSPS) is 10.9. The van der Waals surface area contributed by atoms with Gasteiger partial charge >= 0.3 is 0 Å². The first-order valence-electron chi connectivity index (χ1n) is 9.03. The van der Waals surface area contributed by atoms with Gasteiger partial charge in [-0.05, 0) is 37.6 Å². The minimum atomic E-state index is 0.516. The van der Waals surface area contributed by atoms with Crippen molar-refractivity contribution in [1.82, 2.24) is 9.97 Å². The number of anilines is 3. The topological polar surface area (TPSA) is 96.8 Å². The minimum Gasteiger partial charge on any atom is -0.492 e. The Morgan fingerprint density at radius 1 is 1.21 bits per heavy atom. The third-order valence-electron chi connectivity index (χ3n) is 4.54. The van der Waals surface area contributed by atoms with E-state index in [-0.39, 0.29) is 0 Å². The SMILES string of the molecule is CCOc1cc2nc(CC)c(C#N)c(Nc3ccc4scnc4c3)c2cc1N. The average molecular weight is 389 g/mol. The van der Waals surface area contributed by atoms with E-state index in [4.69, 9.17) is 10.5 Å². The number of hydrogen-bond acceptors (Lipinski definition) is 7. The van der Waals surface area contributed by atoms with Crippen LogP contribution in [0.15, 0.2) is 35.8 Å². The number of nitrogens with one attached hydrogen (secondary N) is 1. The van der Waals surface area contributed by atoms with Crippen LogP contribution >= 0.6 is 11.3 Å². The molecule has 6 nitrogen and oxygen atoms in total. The highest BCUT2D eigenvalue weighted by atomic mass is 32.1. The van der Waals surface area contributed by atoms with Crippen molar-refractivity contribution in [3.8, 4) is 11.8 Å². The molecule has 0 aliphatic rings. The summed E-state index contributed by atoms with van der Waals surface area (Å²) < 4.78 is 6.73. The number of aryl methyl sites for hydroxylation is 1. The van der Waals surface area contributed by atoms with E-state index in [2.05, 4.69) is 21.4 Å². The first-order chi connectivity index (χ1) is 13.6. The van der Waals surface area contributed by atoms with Crippen LogP contribution in [0, 0.1) is 11.3 Å². The van der Waals surface area contributed by atoms with Crippen molar-refractivity contribution in [2.24, 2.45) is 0 Å². The predicted molar refractivity (Wildman–Crippen MR) is 114 cm³/mol. The van der Waals surface area contributed by atoms with Crippen molar-refractivity contribution in [2.45, 2.75) is 20.3 Å². The van der Waals surface area contributed by atoms with E-state index in [0.717, 1.165) is 32.5 Å². The molecule has 0 aliphatic heterocycles. The van der Waals surface area contributed by atoms with Crippen LogP contribution in [0.5, 0.6) is 5.75 Å². The molecule has 0 saturated heterocycles. The molecule has 2 heterocycles. The summed E-state index contributed by atoms with van der Waals surface area (Å²) in [7, 11) is 0. The molecule has 0 atom stereocenters. The Hall–Kier alpha value is -3.37. The third-order valence-corrected chi connectivity index (χ3v) is 5.35. The van der Waals surface area contributed by atoms with Crippen molar-refractivity contribution in [1.29, 1.82) is 5.26 Å². The fraction of sp³-hybridized carbons (Fsp3) is 0.190. The van der Waals surface area contributed by atoms with Gasteiger partial charge in [-0.3, -0.25) is 4.98 Å². The predicted octanol–water partition coefficient (Wildman–Crippen LogP) is 5.00. The molecular weight excluding hydrogens is 370 g/mol. The molecule has 28 heavy (non-hydrogen) atoms. The van der Waals surface area contributed by atoms with Crippen molar-refractivity contribution in [2.75, 3.05) is 17.7 Å². The summed E-state index contributed by atoms with van der Waals surface area (Å²) in [5.74, 6) is 0.601. The maximum Gasteiger partial charge on any atom is 0.144 e. The molecule has 0 spiro atoms.